The highest BCUT2D eigenvalue weighted by Gasteiger charge is 2.34. The van der Waals surface area contributed by atoms with E-state index in [0.29, 0.717) is 22.0 Å². The molecule has 1 aromatic carbocycles. The van der Waals surface area contributed by atoms with Crippen molar-refractivity contribution in [2.24, 2.45) is 0 Å². The fourth-order valence-corrected chi connectivity index (χ4v) is 2.73. The van der Waals surface area contributed by atoms with E-state index in [0.717, 1.165) is 5.38 Å². The Balaban J connectivity index is 1.76. The molecule has 1 N–H and O–H groups in total. The zero-order valence-corrected chi connectivity index (χ0v) is 13.3. The van der Waals surface area contributed by atoms with E-state index in [1.54, 1.807) is 30.5 Å². The van der Waals surface area contributed by atoms with Crippen LogP contribution in [-0.4, -0.2) is 20.7 Å². The second-order valence-corrected chi connectivity index (χ2v) is 5.91. The lowest BCUT2D eigenvalue weighted by Gasteiger charge is -2.02. The Kier molecular flexibility index (Phi) is 4.29. The molecular weight excluding hydrogens is 365 g/mol. The maximum absolute atomic E-state index is 12.5. The van der Waals surface area contributed by atoms with Gasteiger partial charge in [-0.3, -0.25) is 10.1 Å². The molecule has 2 aromatic heterocycles. The van der Waals surface area contributed by atoms with Crippen molar-refractivity contribution in [3.8, 4) is 5.69 Å². The van der Waals surface area contributed by atoms with E-state index in [9.17, 15) is 18.0 Å². The molecule has 0 bridgehead atoms. The molecule has 1 amide bonds. The van der Waals surface area contributed by atoms with Crippen LogP contribution in [0.4, 0.5) is 18.3 Å². The monoisotopic (exact) mass is 372 g/mol. The van der Waals surface area contributed by atoms with Crippen LogP contribution in [-0.2, 0) is 6.18 Å². The predicted octanol–water partition coefficient (Wildman–Crippen LogP) is 4.25. The third-order valence-electron chi connectivity index (χ3n) is 2.91. The molecule has 0 radical (unpaired) electrons. The number of amides is 1. The number of rotatable bonds is 3. The highest BCUT2D eigenvalue weighted by molar-refractivity contribution is 7.14. The number of carbonyl (C=O) groups is 1. The van der Waals surface area contributed by atoms with E-state index in [4.69, 9.17) is 11.6 Å². The van der Waals surface area contributed by atoms with Gasteiger partial charge in [-0.15, -0.1) is 11.3 Å². The molecule has 10 heteroatoms. The van der Waals surface area contributed by atoms with Crippen molar-refractivity contribution in [2.75, 3.05) is 5.32 Å². The third kappa shape index (κ3) is 3.57. The van der Waals surface area contributed by atoms with Gasteiger partial charge in [-0.05, 0) is 24.3 Å². The number of alkyl halides is 3. The molecular formula is C14H8ClF3N4OS. The quantitative estimate of drug-likeness (QED) is 0.747. The number of hydrogen-bond donors (Lipinski definition) is 1. The van der Waals surface area contributed by atoms with Crippen molar-refractivity contribution >= 4 is 34.0 Å². The Morgan fingerprint density at radius 2 is 2.08 bits per heavy atom. The number of carbonyl (C=O) groups excluding carboxylic acids is 1. The van der Waals surface area contributed by atoms with Gasteiger partial charge in [0.1, 0.15) is 0 Å². The summed E-state index contributed by atoms with van der Waals surface area (Å²) >= 11 is 6.58. The topological polar surface area (TPSA) is 59.8 Å². The number of nitrogens with zero attached hydrogens (tertiary/aromatic N) is 3. The van der Waals surface area contributed by atoms with Gasteiger partial charge >= 0.3 is 6.18 Å². The molecule has 0 aliphatic rings. The van der Waals surface area contributed by atoms with Crippen LogP contribution < -0.4 is 5.32 Å². The van der Waals surface area contributed by atoms with Crippen LogP contribution in [0.25, 0.3) is 5.69 Å². The van der Waals surface area contributed by atoms with E-state index in [-0.39, 0.29) is 10.8 Å². The lowest BCUT2D eigenvalue weighted by molar-refractivity contribution is -0.140. The number of hydrogen-bond acceptors (Lipinski definition) is 4. The van der Waals surface area contributed by atoms with Crippen molar-refractivity contribution in [3.05, 3.63) is 58.3 Å². The summed E-state index contributed by atoms with van der Waals surface area (Å²) in [6.07, 6.45) is -3.00. The average molecular weight is 373 g/mol. The Morgan fingerprint density at radius 3 is 2.75 bits per heavy atom. The fraction of sp³-hybridized carbons (Fsp3) is 0.0714. The van der Waals surface area contributed by atoms with Gasteiger partial charge in [0, 0.05) is 16.6 Å². The SMILES string of the molecule is O=C(Nc1nc(C(F)(F)F)cs1)c1ccn(-c2cccc(Cl)c2)n1. The van der Waals surface area contributed by atoms with E-state index < -0.39 is 17.8 Å². The summed E-state index contributed by atoms with van der Waals surface area (Å²) in [5.74, 6) is -0.654. The number of halogens is 4. The van der Waals surface area contributed by atoms with E-state index in [1.165, 1.54) is 10.7 Å². The molecule has 124 valence electrons. The first-order valence-electron chi connectivity index (χ1n) is 6.48. The Morgan fingerprint density at radius 1 is 1.29 bits per heavy atom. The number of nitrogens with one attached hydrogen (secondary N) is 1. The number of aromatic nitrogens is 3. The van der Waals surface area contributed by atoms with E-state index in [1.807, 2.05) is 0 Å². The first kappa shape index (κ1) is 16.5. The number of anilines is 1. The molecule has 0 aliphatic carbocycles. The summed E-state index contributed by atoms with van der Waals surface area (Å²) < 4.78 is 38.9. The highest BCUT2D eigenvalue weighted by atomic mass is 35.5. The van der Waals surface area contributed by atoms with Gasteiger partial charge in [0.15, 0.2) is 16.5 Å². The van der Waals surface area contributed by atoms with Crippen LogP contribution in [0.5, 0.6) is 0 Å². The molecule has 0 aliphatic heterocycles. The molecule has 0 saturated heterocycles. The molecule has 0 atom stereocenters. The second-order valence-electron chi connectivity index (χ2n) is 4.62. The Bertz CT molecular complexity index is 890. The fourth-order valence-electron chi connectivity index (χ4n) is 1.83. The van der Waals surface area contributed by atoms with Gasteiger partial charge in [0.05, 0.1) is 5.69 Å². The van der Waals surface area contributed by atoms with Crippen LogP contribution in [0.2, 0.25) is 5.02 Å². The zero-order valence-electron chi connectivity index (χ0n) is 11.7. The summed E-state index contributed by atoms with van der Waals surface area (Å²) in [5.41, 5.74) is -0.360. The molecule has 2 heterocycles. The average Bonchev–Trinajstić information content (AvgIpc) is 3.15. The van der Waals surface area contributed by atoms with E-state index >= 15 is 0 Å². The molecule has 0 unspecified atom stereocenters. The largest absolute Gasteiger partial charge is 0.434 e. The zero-order chi connectivity index (χ0) is 17.3. The van der Waals surface area contributed by atoms with Gasteiger partial charge in [-0.1, -0.05) is 17.7 Å². The van der Waals surface area contributed by atoms with Gasteiger partial charge < -0.3 is 0 Å². The summed E-state index contributed by atoms with van der Waals surface area (Å²) in [5, 5.41) is 7.56. The lowest BCUT2D eigenvalue weighted by Crippen LogP contribution is -2.13. The van der Waals surface area contributed by atoms with Crippen molar-refractivity contribution < 1.29 is 18.0 Å². The molecule has 0 fully saturated rings. The van der Waals surface area contributed by atoms with Crippen molar-refractivity contribution in [1.82, 2.24) is 14.8 Å². The molecule has 3 aromatic rings. The van der Waals surface area contributed by atoms with Gasteiger partial charge in [0.25, 0.3) is 5.91 Å². The van der Waals surface area contributed by atoms with Crippen LogP contribution in [0.3, 0.4) is 0 Å². The molecule has 24 heavy (non-hydrogen) atoms. The van der Waals surface area contributed by atoms with Crippen LogP contribution >= 0.6 is 22.9 Å². The molecule has 5 nitrogen and oxygen atoms in total. The first-order chi connectivity index (χ1) is 11.3. The minimum atomic E-state index is -4.55. The first-order valence-corrected chi connectivity index (χ1v) is 7.74. The van der Waals surface area contributed by atoms with Crippen molar-refractivity contribution in [3.63, 3.8) is 0 Å². The van der Waals surface area contributed by atoms with Crippen LogP contribution in [0.15, 0.2) is 41.9 Å². The number of thiazole rings is 1. The Hall–Kier alpha value is -2.39. The van der Waals surface area contributed by atoms with Gasteiger partial charge in [-0.25, -0.2) is 9.67 Å². The molecule has 3 rings (SSSR count). The minimum absolute atomic E-state index is 0.0405. The standard InChI is InChI=1S/C14H8ClF3N4OS/c15-8-2-1-3-9(6-8)22-5-4-10(21-22)12(23)20-13-19-11(7-24-13)14(16,17)18/h1-7H,(H,19,20,23). The summed E-state index contributed by atoms with van der Waals surface area (Å²) in [6, 6.07) is 8.27. The second kappa shape index (κ2) is 6.25. The predicted molar refractivity (Wildman–Crippen MR) is 83.6 cm³/mol. The third-order valence-corrected chi connectivity index (χ3v) is 3.90. The highest BCUT2D eigenvalue weighted by Crippen LogP contribution is 2.31. The van der Waals surface area contributed by atoms with Crippen molar-refractivity contribution in [2.45, 2.75) is 6.18 Å². The number of benzene rings is 1. The normalized spacial score (nSPS) is 11.5. The smallest absolute Gasteiger partial charge is 0.296 e. The van der Waals surface area contributed by atoms with Crippen LogP contribution in [0, 0.1) is 0 Å². The van der Waals surface area contributed by atoms with Gasteiger partial charge in [0.2, 0.25) is 0 Å². The molecule has 0 saturated carbocycles. The maximum atomic E-state index is 12.5. The van der Waals surface area contributed by atoms with Gasteiger partial charge in [-0.2, -0.15) is 18.3 Å². The maximum Gasteiger partial charge on any atom is 0.434 e. The van der Waals surface area contributed by atoms with E-state index in [2.05, 4.69) is 15.4 Å². The van der Waals surface area contributed by atoms with Crippen LogP contribution in [0.1, 0.15) is 16.2 Å². The Labute approximate surface area is 142 Å². The minimum Gasteiger partial charge on any atom is -0.296 e. The summed E-state index contributed by atoms with van der Waals surface area (Å²) in [4.78, 5) is 15.4. The summed E-state index contributed by atoms with van der Waals surface area (Å²) in [7, 11) is 0. The lowest BCUT2D eigenvalue weighted by atomic mass is 10.3. The summed E-state index contributed by atoms with van der Waals surface area (Å²) in [6.45, 7) is 0. The van der Waals surface area contributed by atoms with Crippen molar-refractivity contribution in [1.29, 1.82) is 0 Å². The molecule has 0 spiro atoms.